The van der Waals surface area contributed by atoms with Crippen molar-refractivity contribution >= 4 is 17.3 Å². The van der Waals surface area contributed by atoms with Crippen LogP contribution in [-0.4, -0.2) is 31.9 Å². The Balaban J connectivity index is 2.02. The Kier molecular flexibility index (Phi) is 2.73. The van der Waals surface area contributed by atoms with Crippen LogP contribution >= 0.6 is 0 Å². The highest BCUT2D eigenvalue weighted by atomic mass is 16.5. The Morgan fingerprint density at radius 1 is 0.958 bits per heavy atom. The molecule has 1 aromatic carbocycles. The summed E-state index contributed by atoms with van der Waals surface area (Å²) < 4.78 is 7.22. The van der Waals surface area contributed by atoms with Crippen molar-refractivity contribution in [2.24, 2.45) is 0 Å². The van der Waals surface area contributed by atoms with Crippen LogP contribution in [0.25, 0.3) is 5.76 Å². The Bertz CT molecular complexity index is 915. The number of Topliss-reactive ketones (excluding diaryl/α,β-unsaturated/α-hetero) is 2. The molecule has 2 N–H and O–H groups in total. The number of fused-ring (bicyclic) bond motifs is 2. The van der Waals surface area contributed by atoms with E-state index in [2.05, 4.69) is 0 Å². The first-order chi connectivity index (χ1) is 11.3. The molecule has 0 spiro atoms. The zero-order valence-electron chi connectivity index (χ0n) is 13.1. The first-order valence-electron chi connectivity index (χ1n) is 7.53. The van der Waals surface area contributed by atoms with Crippen molar-refractivity contribution in [3.63, 3.8) is 0 Å². The van der Waals surface area contributed by atoms with Crippen molar-refractivity contribution in [1.29, 1.82) is 0 Å². The van der Waals surface area contributed by atoms with Gasteiger partial charge < -0.3 is 14.9 Å². The summed E-state index contributed by atoms with van der Waals surface area (Å²) in [4.78, 5) is 25.2. The van der Waals surface area contributed by atoms with Crippen LogP contribution in [0.4, 0.5) is 0 Å². The van der Waals surface area contributed by atoms with Gasteiger partial charge in [-0.3, -0.25) is 14.2 Å². The summed E-state index contributed by atoms with van der Waals surface area (Å²) in [5.74, 6) is -1.37. The molecule has 0 fully saturated rings. The van der Waals surface area contributed by atoms with E-state index in [1.807, 2.05) is 0 Å². The summed E-state index contributed by atoms with van der Waals surface area (Å²) in [5, 5.41) is 20.2. The predicted molar refractivity (Wildman–Crippen MR) is 84.7 cm³/mol. The van der Waals surface area contributed by atoms with Gasteiger partial charge in [-0.1, -0.05) is 24.3 Å². The molecule has 1 aliphatic heterocycles. The number of ketones is 2. The molecular weight excluding hydrogens is 310 g/mol. The number of hydrogen-bond donors (Lipinski definition) is 2. The van der Waals surface area contributed by atoms with Gasteiger partial charge in [-0.25, -0.2) is 0 Å². The summed E-state index contributed by atoms with van der Waals surface area (Å²) >= 11 is 0. The normalized spacial score (nSPS) is 21.5. The number of rotatable bonds is 1. The van der Waals surface area contributed by atoms with Gasteiger partial charge in [0.1, 0.15) is 17.4 Å². The molecule has 1 aliphatic carbocycles. The average Bonchev–Trinajstić information content (AvgIpc) is 3.01. The maximum Gasteiger partial charge on any atom is 0.235 e. The lowest BCUT2D eigenvalue weighted by molar-refractivity contribution is -0.112. The third kappa shape index (κ3) is 1.71. The first kappa shape index (κ1) is 14.6. The van der Waals surface area contributed by atoms with Crippen LogP contribution in [0.2, 0.25) is 0 Å². The van der Waals surface area contributed by atoms with Crippen molar-refractivity contribution < 1.29 is 24.5 Å². The second kappa shape index (κ2) is 4.50. The molecular formula is C18H15NO5. The molecule has 0 saturated heterocycles. The van der Waals surface area contributed by atoms with Crippen molar-refractivity contribution in [3.05, 3.63) is 53.1 Å². The molecule has 2 heterocycles. The minimum atomic E-state index is -0.938. The Morgan fingerprint density at radius 2 is 1.54 bits per heavy atom. The third-order valence-electron chi connectivity index (χ3n) is 4.54. The standard InChI is InChI=1S/C18H15NO5/c1-18(2)17(19-11(20)7-8-12(19)21)13-15(23)14(22)9-5-3-4-6-10(9)16(13)24-18/h3-8,17,20-21H,1-2H3. The van der Waals surface area contributed by atoms with Crippen molar-refractivity contribution in [2.45, 2.75) is 25.5 Å². The van der Waals surface area contributed by atoms with Gasteiger partial charge in [0.05, 0.1) is 5.57 Å². The molecule has 2 aliphatic rings. The second-order valence-electron chi connectivity index (χ2n) is 6.47. The van der Waals surface area contributed by atoms with Gasteiger partial charge in [-0.2, -0.15) is 0 Å². The van der Waals surface area contributed by atoms with E-state index in [0.717, 1.165) is 0 Å². The minimum Gasteiger partial charge on any atom is -0.494 e. The van der Waals surface area contributed by atoms with Crippen molar-refractivity contribution in [3.8, 4) is 11.8 Å². The number of aromatic hydroxyl groups is 2. The number of hydrogen-bond acceptors (Lipinski definition) is 5. The van der Waals surface area contributed by atoms with Crippen LogP contribution in [0.15, 0.2) is 42.0 Å². The topological polar surface area (TPSA) is 88.8 Å². The van der Waals surface area contributed by atoms with E-state index in [9.17, 15) is 19.8 Å². The SMILES string of the molecule is CC1(C)OC2=C(C(=O)C(=O)c3ccccc32)C1n1c(O)ccc1O. The van der Waals surface area contributed by atoms with Crippen LogP contribution < -0.4 is 0 Å². The summed E-state index contributed by atoms with van der Waals surface area (Å²) in [5.41, 5.74) is 0.0782. The molecule has 1 aromatic heterocycles. The average molecular weight is 325 g/mol. The van der Waals surface area contributed by atoms with Gasteiger partial charge in [0.2, 0.25) is 11.6 Å². The zero-order valence-corrected chi connectivity index (χ0v) is 13.1. The molecule has 0 bridgehead atoms. The molecule has 4 rings (SSSR count). The lowest BCUT2D eigenvalue weighted by Gasteiger charge is -2.29. The van der Waals surface area contributed by atoms with E-state index >= 15 is 0 Å². The third-order valence-corrected chi connectivity index (χ3v) is 4.54. The fourth-order valence-electron chi connectivity index (χ4n) is 3.53. The molecule has 2 aromatic rings. The molecule has 0 radical (unpaired) electrons. The predicted octanol–water partition coefficient (Wildman–Crippen LogP) is 2.43. The molecule has 6 nitrogen and oxygen atoms in total. The van der Waals surface area contributed by atoms with E-state index in [-0.39, 0.29) is 17.3 Å². The molecule has 24 heavy (non-hydrogen) atoms. The molecule has 122 valence electrons. The number of carbonyl (C=O) groups excluding carboxylic acids is 2. The highest BCUT2D eigenvalue weighted by Gasteiger charge is 2.52. The van der Waals surface area contributed by atoms with Crippen molar-refractivity contribution in [1.82, 2.24) is 4.57 Å². The van der Waals surface area contributed by atoms with E-state index in [1.165, 1.54) is 16.7 Å². The van der Waals surface area contributed by atoms with Gasteiger partial charge in [0.15, 0.2) is 11.8 Å². The summed E-state index contributed by atoms with van der Waals surface area (Å²) in [7, 11) is 0. The van der Waals surface area contributed by atoms with Crippen LogP contribution in [0.1, 0.15) is 35.8 Å². The van der Waals surface area contributed by atoms with E-state index in [0.29, 0.717) is 16.9 Å². The number of benzene rings is 1. The fraction of sp³-hybridized carbons (Fsp3) is 0.222. The highest BCUT2D eigenvalue weighted by molar-refractivity contribution is 6.52. The number of nitrogens with zero attached hydrogens (tertiary/aromatic N) is 1. The summed E-state index contributed by atoms with van der Waals surface area (Å²) in [6.45, 7) is 3.49. The maximum absolute atomic E-state index is 12.7. The Labute approximate surface area is 137 Å². The van der Waals surface area contributed by atoms with Gasteiger partial charge >= 0.3 is 0 Å². The van der Waals surface area contributed by atoms with Crippen molar-refractivity contribution in [2.75, 3.05) is 0 Å². The summed E-state index contributed by atoms with van der Waals surface area (Å²) in [6, 6.07) is 8.61. The second-order valence-corrected chi connectivity index (χ2v) is 6.47. The number of carbonyl (C=O) groups is 2. The molecule has 0 amide bonds. The molecule has 6 heteroatoms. The zero-order chi connectivity index (χ0) is 17.2. The maximum atomic E-state index is 12.7. The van der Waals surface area contributed by atoms with E-state index < -0.39 is 23.2 Å². The Morgan fingerprint density at radius 3 is 2.17 bits per heavy atom. The first-order valence-corrected chi connectivity index (χ1v) is 7.53. The Hall–Kier alpha value is -3.02. The monoisotopic (exact) mass is 325 g/mol. The van der Waals surface area contributed by atoms with Gasteiger partial charge in [-0.15, -0.1) is 0 Å². The number of ether oxygens (including phenoxy) is 1. The smallest absolute Gasteiger partial charge is 0.235 e. The van der Waals surface area contributed by atoms with Gasteiger partial charge in [0.25, 0.3) is 0 Å². The van der Waals surface area contributed by atoms with Crippen LogP contribution in [-0.2, 0) is 9.53 Å². The number of aromatic nitrogens is 1. The lowest BCUT2D eigenvalue weighted by Crippen LogP contribution is -2.34. The lowest BCUT2D eigenvalue weighted by atomic mass is 9.83. The fourth-order valence-corrected chi connectivity index (χ4v) is 3.53. The quantitative estimate of drug-likeness (QED) is 0.786. The summed E-state index contributed by atoms with van der Waals surface area (Å²) in [6.07, 6.45) is 0. The molecule has 0 saturated carbocycles. The van der Waals surface area contributed by atoms with Crippen LogP contribution in [0.3, 0.4) is 0 Å². The largest absolute Gasteiger partial charge is 0.494 e. The molecule has 1 atom stereocenters. The van der Waals surface area contributed by atoms with Crippen LogP contribution in [0, 0.1) is 0 Å². The van der Waals surface area contributed by atoms with Gasteiger partial charge in [-0.05, 0) is 13.8 Å². The van der Waals surface area contributed by atoms with Gasteiger partial charge in [0, 0.05) is 23.3 Å². The minimum absolute atomic E-state index is 0.158. The highest BCUT2D eigenvalue weighted by Crippen LogP contribution is 2.51. The van der Waals surface area contributed by atoms with Crippen LogP contribution in [0.5, 0.6) is 11.8 Å². The van der Waals surface area contributed by atoms with E-state index in [1.54, 1.807) is 38.1 Å². The molecule has 1 unspecified atom stereocenters. The van der Waals surface area contributed by atoms with E-state index in [4.69, 9.17) is 4.74 Å².